The van der Waals surface area contributed by atoms with Crippen LogP contribution in [0.3, 0.4) is 0 Å². The molecule has 1 heterocycles. The molecule has 1 fully saturated rings. The molecule has 1 aliphatic heterocycles. The van der Waals surface area contributed by atoms with E-state index in [9.17, 15) is 0 Å². The zero-order valence-corrected chi connectivity index (χ0v) is 15.8. The van der Waals surface area contributed by atoms with Gasteiger partial charge in [-0.1, -0.05) is 0 Å². The van der Waals surface area contributed by atoms with Crippen molar-refractivity contribution >= 4 is 0 Å². The molecule has 0 N–H and O–H groups in total. The van der Waals surface area contributed by atoms with E-state index in [-0.39, 0.29) is 14.3 Å². The number of nitrogens with zero attached hydrogens (tertiary/aromatic N) is 4. The standard InChI is InChI=1S/C13H26IN4O4/c1-9-15(5)13-14-19-16(6,10-2)21-18(8,12-4)22-17(7,11-3)20-15/h9-12H,1-4,13H2,5-8H3/q+3. The van der Waals surface area contributed by atoms with Gasteiger partial charge in [-0.15, -0.1) is 0 Å². The molecule has 1 rings (SSSR count). The van der Waals surface area contributed by atoms with E-state index < -0.39 is 26.4 Å². The molecule has 126 valence electrons. The van der Waals surface area contributed by atoms with Crippen molar-refractivity contribution in [2.45, 2.75) is 0 Å². The molecule has 0 aromatic carbocycles. The zero-order valence-electron chi connectivity index (χ0n) is 13.6. The molecule has 22 heavy (non-hydrogen) atoms. The molecule has 0 amide bonds. The Morgan fingerprint density at radius 1 is 0.727 bits per heavy atom. The summed E-state index contributed by atoms with van der Waals surface area (Å²) in [5.41, 5.74) is 0. The average Bonchev–Trinajstić information content (AvgIpc) is 2.46. The Balaban J connectivity index is 3.27. The SMILES string of the molecule is C=C[N+]1(C)C[I-]O[N+](C)(C=C)O[N+](C)(C=C)O[N+](C)(C=C)O1. The van der Waals surface area contributed by atoms with E-state index in [4.69, 9.17) is 18.0 Å². The summed E-state index contributed by atoms with van der Waals surface area (Å²) in [4.78, 5) is 16.6. The van der Waals surface area contributed by atoms with E-state index in [2.05, 4.69) is 26.3 Å². The second kappa shape index (κ2) is 6.86. The van der Waals surface area contributed by atoms with Crippen molar-refractivity contribution in [3.63, 3.8) is 0 Å². The second-order valence-electron chi connectivity index (χ2n) is 5.17. The summed E-state index contributed by atoms with van der Waals surface area (Å²) in [7, 11) is 6.92. The molecule has 0 aliphatic carbocycles. The van der Waals surface area contributed by atoms with Crippen LogP contribution in [0.2, 0.25) is 0 Å². The van der Waals surface area contributed by atoms with Crippen LogP contribution in [-0.2, 0) is 18.0 Å². The predicted molar refractivity (Wildman–Crippen MR) is 74.7 cm³/mol. The van der Waals surface area contributed by atoms with Gasteiger partial charge in [-0.05, 0) is 0 Å². The third kappa shape index (κ3) is 4.68. The van der Waals surface area contributed by atoms with Gasteiger partial charge in [0.05, 0.1) is 0 Å². The van der Waals surface area contributed by atoms with Crippen LogP contribution in [-0.4, -0.2) is 51.8 Å². The van der Waals surface area contributed by atoms with Gasteiger partial charge in [0, 0.05) is 0 Å². The van der Waals surface area contributed by atoms with Gasteiger partial charge < -0.3 is 0 Å². The third-order valence-electron chi connectivity index (χ3n) is 2.85. The van der Waals surface area contributed by atoms with Crippen LogP contribution in [0, 0.1) is 0 Å². The summed E-state index contributed by atoms with van der Waals surface area (Å²) in [6.45, 7) is 15.1. The van der Waals surface area contributed by atoms with Crippen molar-refractivity contribution in [3.8, 4) is 0 Å². The van der Waals surface area contributed by atoms with E-state index in [1.54, 1.807) is 27.3 Å². The van der Waals surface area contributed by atoms with Crippen molar-refractivity contribution in [3.05, 3.63) is 51.1 Å². The summed E-state index contributed by atoms with van der Waals surface area (Å²) in [6, 6.07) is 0. The molecule has 0 aromatic rings. The van der Waals surface area contributed by atoms with Crippen LogP contribution in [0.4, 0.5) is 0 Å². The second-order valence-corrected chi connectivity index (χ2v) is 6.87. The Kier molecular flexibility index (Phi) is 6.06. The van der Waals surface area contributed by atoms with E-state index in [1.165, 1.54) is 18.6 Å². The first-order valence-electron chi connectivity index (χ1n) is 6.47. The number of hydrogen-bond acceptors (Lipinski definition) is 4. The van der Waals surface area contributed by atoms with Crippen molar-refractivity contribution in [2.24, 2.45) is 0 Å². The molecule has 0 radical (unpaired) electrons. The molecule has 0 aromatic heterocycles. The van der Waals surface area contributed by atoms with Crippen molar-refractivity contribution in [2.75, 3.05) is 32.7 Å². The monoisotopic (exact) mass is 429 g/mol. The third-order valence-corrected chi connectivity index (χ3v) is 5.54. The molecule has 1 aliphatic rings. The molecular weight excluding hydrogens is 403 g/mol. The van der Waals surface area contributed by atoms with Crippen LogP contribution in [0.15, 0.2) is 51.1 Å². The number of hydrogen-bond donors (Lipinski definition) is 0. The van der Waals surface area contributed by atoms with Crippen molar-refractivity contribution in [1.82, 2.24) is 0 Å². The van der Waals surface area contributed by atoms with Crippen LogP contribution >= 0.6 is 0 Å². The normalized spacial score (nSPS) is 44.2. The maximum atomic E-state index is 5.99. The van der Waals surface area contributed by atoms with Gasteiger partial charge in [0.1, 0.15) is 0 Å². The molecule has 9 heteroatoms. The van der Waals surface area contributed by atoms with Crippen LogP contribution in [0.5, 0.6) is 0 Å². The minimum atomic E-state index is -0.740. The van der Waals surface area contributed by atoms with Gasteiger partial charge in [0.2, 0.25) is 0 Å². The van der Waals surface area contributed by atoms with Crippen LogP contribution in [0.1, 0.15) is 0 Å². The number of alkyl halides is 1. The zero-order chi connectivity index (χ0) is 17.1. The Morgan fingerprint density at radius 2 is 1.18 bits per heavy atom. The van der Waals surface area contributed by atoms with Gasteiger partial charge in [0.15, 0.2) is 0 Å². The minimum absolute atomic E-state index is 0.0874. The molecule has 1 saturated heterocycles. The summed E-state index contributed by atoms with van der Waals surface area (Å²) in [5, 5.41) is 0. The fourth-order valence-electron chi connectivity index (χ4n) is 1.57. The average molecular weight is 429 g/mol. The summed E-state index contributed by atoms with van der Waals surface area (Å²) in [6.07, 6.45) is 6.17. The van der Waals surface area contributed by atoms with Gasteiger partial charge >= 0.3 is 143 Å². The van der Waals surface area contributed by atoms with Gasteiger partial charge in [-0.2, -0.15) is 0 Å². The molecule has 0 saturated carbocycles. The first-order valence-corrected chi connectivity index (χ1v) is 8.88. The predicted octanol–water partition coefficient (Wildman–Crippen LogP) is -1.21. The molecule has 0 bridgehead atoms. The van der Waals surface area contributed by atoms with E-state index in [1.807, 2.05) is 7.05 Å². The summed E-state index contributed by atoms with van der Waals surface area (Å²) < 4.78 is 6.52. The molecule has 8 nitrogen and oxygen atoms in total. The van der Waals surface area contributed by atoms with Crippen molar-refractivity contribution in [1.29, 1.82) is 0 Å². The van der Waals surface area contributed by atoms with Crippen LogP contribution < -0.4 is 21.6 Å². The Morgan fingerprint density at radius 3 is 1.64 bits per heavy atom. The van der Waals surface area contributed by atoms with Crippen molar-refractivity contribution < 1.29 is 58.7 Å². The number of hydroxylamine groups is 15. The number of halogens is 1. The van der Waals surface area contributed by atoms with E-state index >= 15 is 0 Å². The molecule has 0 spiro atoms. The van der Waals surface area contributed by atoms with Gasteiger partial charge in [-0.3, -0.25) is 0 Å². The van der Waals surface area contributed by atoms with E-state index in [0.29, 0.717) is 4.55 Å². The fourth-order valence-corrected chi connectivity index (χ4v) is 3.44. The summed E-state index contributed by atoms with van der Waals surface area (Å²) in [5.74, 6) is 0. The molecule has 4 atom stereocenters. The van der Waals surface area contributed by atoms with Crippen LogP contribution in [0.25, 0.3) is 0 Å². The number of rotatable bonds is 4. The molecule has 4 unspecified atom stereocenters. The molecular formula is C13H26IN4O4+3. The Labute approximate surface area is 142 Å². The van der Waals surface area contributed by atoms with Gasteiger partial charge in [-0.25, -0.2) is 0 Å². The Bertz CT molecular complexity index is 439. The van der Waals surface area contributed by atoms with Gasteiger partial charge in [0.25, 0.3) is 0 Å². The fraction of sp³-hybridized carbons (Fsp3) is 0.385. The topological polar surface area (TPSA) is 36.9 Å². The Hall–Kier alpha value is -0.630. The van der Waals surface area contributed by atoms with E-state index in [0.717, 1.165) is 0 Å². The quantitative estimate of drug-likeness (QED) is 0.244. The maximum absolute atomic E-state index is 5.99. The first kappa shape index (κ1) is 19.4. The summed E-state index contributed by atoms with van der Waals surface area (Å²) >= 11 is -0.740. The number of quaternary nitrogens is 4. The first-order chi connectivity index (χ1) is 10.1.